The molecular weight excluding hydrogens is 306 g/mol. The number of aryl methyl sites for hydroxylation is 2. The number of benzene rings is 1. The summed E-state index contributed by atoms with van der Waals surface area (Å²) in [7, 11) is 0. The van der Waals surface area contributed by atoms with Gasteiger partial charge in [-0.15, -0.1) is 0 Å². The second-order valence-corrected chi connectivity index (χ2v) is 7.85. The fourth-order valence-corrected chi connectivity index (χ4v) is 3.96. The van der Waals surface area contributed by atoms with E-state index in [2.05, 4.69) is 58.0 Å². The lowest BCUT2D eigenvalue weighted by Crippen LogP contribution is -2.15. The Morgan fingerprint density at radius 1 is 1.20 bits per heavy atom. The summed E-state index contributed by atoms with van der Waals surface area (Å²) in [6, 6.07) is 6.84. The van der Waals surface area contributed by atoms with E-state index in [4.69, 9.17) is 10.5 Å². The van der Waals surface area contributed by atoms with Gasteiger partial charge in [0, 0.05) is 6.04 Å². The van der Waals surface area contributed by atoms with Gasteiger partial charge in [0.05, 0.1) is 12.7 Å². The minimum atomic E-state index is 0.168. The van der Waals surface area contributed by atoms with Gasteiger partial charge >= 0.3 is 0 Å². The lowest BCUT2D eigenvalue weighted by Gasteiger charge is -2.18. The molecule has 2 fully saturated rings. The number of fused-ring (bicyclic) bond motifs is 1. The van der Waals surface area contributed by atoms with Crippen molar-refractivity contribution in [1.82, 2.24) is 0 Å². The second kappa shape index (κ2) is 7.88. The highest BCUT2D eigenvalue weighted by Gasteiger charge is 2.44. The minimum Gasteiger partial charge on any atom is -0.373 e. The van der Waals surface area contributed by atoms with Crippen molar-refractivity contribution in [3.63, 3.8) is 0 Å². The van der Waals surface area contributed by atoms with Gasteiger partial charge in [0.2, 0.25) is 0 Å². The molecule has 1 saturated carbocycles. The van der Waals surface area contributed by atoms with Crippen LogP contribution in [0.3, 0.4) is 0 Å². The molecule has 0 amide bonds. The summed E-state index contributed by atoms with van der Waals surface area (Å²) in [6.45, 7) is 9.47. The van der Waals surface area contributed by atoms with Crippen molar-refractivity contribution < 1.29 is 4.74 Å². The summed E-state index contributed by atoms with van der Waals surface area (Å²) in [4.78, 5) is 0. The van der Waals surface area contributed by atoms with Gasteiger partial charge in [-0.05, 0) is 72.8 Å². The first-order valence-corrected chi connectivity index (χ1v) is 9.90. The molecule has 0 bridgehead atoms. The predicted octanol–water partition coefficient (Wildman–Crippen LogP) is 5.40. The Hall–Kier alpha value is -1.38. The smallest absolute Gasteiger partial charge is 0.0823 e. The Bertz CT molecular complexity index is 673. The zero-order chi connectivity index (χ0) is 18.0. The van der Waals surface area contributed by atoms with Crippen LogP contribution in [0.25, 0.3) is 0 Å². The summed E-state index contributed by atoms with van der Waals surface area (Å²) >= 11 is 0. The average molecular weight is 340 g/mol. The molecule has 1 aromatic rings. The van der Waals surface area contributed by atoms with Crippen LogP contribution in [0.5, 0.6) is 0 Å². The van der Waals surface area contributed by atoms with E-state index in [0.717, 1.165) is 19.4 Å². The Kier molecular flexibility index (Phi) is 5.81. The summed E-state index contributed by atoms with van der Waals surface area (Å²) < 4.78 is 5.74. The molecule has 2 N–H and O–H groups in total. The van der Waals surface area contributed by atoms with Crippen molar-refractivity contribution in [2.45, 2.75) is 65.5 Å². The maximum absolute atomic E-state index is 6.55. The second-order valence-electron chi connectivity index (χ2n) is 7.85. The van der Waals surface area contributed by atoms with Gasteiger partial charge in [0.1, 0.15) is 0 Å². The Morgan fingerprint density at radius 2 is 1.96 bits per heavy atom. The SMILES string of the molecule is CCC.Cc1ccc(C(N)C2CC2C2=CCC3OCCC3=C2)cc1C. The molecule has 25 heavy (non-hydrogen) atoms. The summed E-state index contributed by atoms with van der Waals surface area (Å²) in [5, 5.41) is 0. The van der Waals surface area contributed by atoms with Crippen molar-refractivity contribution in [2.75, 3.05) is 6.61 Å². The van der Waals surface area contributed by atoms with E-state index in [1.54, 1.807) is 0 Å². The standard InChI is InChI=1S/C20H25NO.C3H8/c1-12-3-4-16(9-13(12)2)20(21)18-11-17(18)14-5-6-19-15(10-14)7-8-22-19;1-3-2/h3-5,9-10,17-20H,6-8,11,21H2,1-2H3;3H2,1-2H3. The van der Waals surface area contributed by atoms with E-state index in [9.17, 15) is 0 Å². The van der Waals surface area contributed by atoms with Gasteiger partial charge in [-0.3, -0.25) is 0 Å². The highest BCUT2D eigenvalue weighted by molar-refractivity contribution is 5.39. The molecule has 4 rings (SSSR count). The van der Waals surface area contributed by atoms with E-state index >= 15 is 0 Å². The van der Waals surface area contributed by atoms with Gasteiger partial charge in [0.25, 0.3) is 0 Å². The molecule has 2 nitrogen and oxygen atoms in total. The average Bonchev–Trinajstić information content (AvgIpc) is 3.26. The zero-order valence-corrected chi connectivity index (χ0v) is 16.2. The molecule has 1 aliphatic heterocycles. The zero-order valence-electron chi connectivity index (χ0n) is 16.2. The molecule has 0 spiro atoms. The van der Waals surface area contributed by atoms with Crippen molar-refractivity contribution in [3.8, 4) is 0 Å². The third kappa shape index (κ3) is 4.07. The van der Waals surface area contributed by atoms with Gasteiger partial charge < -0.3 is 10.5 Å². The van der Waals surface area contributed by atoms with Crippen LogP contribution in [-0.2, 0) is 4.74 Å². The molecule has 2 heteroatoms. The van der Waals surface area contributed by atoms with Crippen molar-refractivity contribution in [3.05, 3.63) is 58.2 Å². The molecule has 1 heterocycles. The number of hydrogen-bond donors (Lipinski definition) is 1. The molecule has 0 aromatic heterocycles. The van der Waals surface area contributed by atoms with E-state index < -0.39 is 0 Å². The van der Waals surface area contributed by atoms with Crippen LogP contribution in [0.4, 0.5) is 0 Å². The lowest BCUT2D eigenvalue weighted by molar-refractivity contribution is 0.125. The van der Waals surface area contributed by atoms with Gasteiger partial charge in [0.15, 0.2) is 0 Å². The van der Waals surface area contributed by atoms with Crippen LogP contribution in [0.15, 0.2) is 41.5 Å². The van der Waals surface area contributed by atoms with Crippen LogP contribution in [0, 0.1) is 25.7 Å². The first kappa shape index (κ1) is 18.4. The predicted molar refractivity (Wildman–Crippen MR) is 106 cm³/mol. The number of rotatable bonds is 3. The van der Waals surface area contributed by atoms with Gasteiger partial charge in [-0.1, -0.05) is 50.6 Å². The van der Waals surface area contributed by atoms with Gasteiger partial charge in [-0.25, -0.2) is 0 Å². The lowest BCUT2D eigenvalue weighted by atomic mass is 9.91. The molecule has 4 unspecified atom stereocenters. The number of hydrogen-bond acceptors (Lipinski definition) is 2. The molecule has 4 atom stereocenters. The summed E-state index contributed by atoms with van der Waals surface area (Å²) in [5.74, 6) is 1.26. The maximum atomic E-state index is 6.55. The van der Waals surface area contributed by atoms with Gasteiger partial charge in [-0.2, -0.15) is 0 Å². The molecular formula is C23H33NO. The third-order valence-corrected chi connectivity index (χ3v) is 5.69. The molecule has 2 aliphatic carbocycles. The normalized spacial score (nSPS) is 28.3. The highest BCUT2D eigenvalue weighted by atomic mass is 16.5. The number of ether oxygens (including phenoxy) is 1. The molecule has 0 radical (unpaired) electrons. The quantitative estimate of drug-likeness (QED) is 0.800. The summed E-state index contributed by atoms with van der Waals surface area (Å²) in [6.07, 6.45) is 9.81. The van der Waals surface area contributed by atoms with Crippen LogP contribution in [0.2, 0.25) is 0 Å². The van der Waals surface area contributed by atoms with E-state index in [1.807, 2.05) is 0 Å². The first-order chi connectivity index (χ1) is 12.0. The summed E-state index contributed by atoms with van der Waals surface area (Å²) in [5.41, 5.74) is 13.5. The Labute approximate surface area is 153 Å². The van der Waals surface area contributed by atoms with Crippen molar-refractivity contribution in [1.29, 1.82) is 0 Å². The topological polar surface area (TPSA) is 35.2 Å². The first-order valence-electron chi connectivity index (χ1n) is 9.90. The number of allylic oxidation sites excluding steroid dienone is 2. The fraction of sp³-hybridized carbons (Fsp3) is 0.565. The highest BCUT2D eigenvalue weighted by Crippen LogP contribution is 2.52. The number of nitrogens with two attached hydrogens (primary N) is 1. The largest absolute Gasteiger partial charge is 0.373 e. The van der Waals surface area contributed by atoms with Crippen LogP contribution < -0.4 is 5.73 Å². The molecule has 1 aromatic carbocycles. The van der Waals surface area contributed by atoms with E-state index in [0.29, 0.717) is 17.9 Å². The minimum absolute atomic E-state index is 0.168. The van der Waals surface area contributed by atoms with Crippen LogP contribution in [0.1, 0.15) is 62.3 Å². The Balaban J connectivity index is 0.000000569. The van der Waals surface area contributed by atoms with Crippen LogP contribution in [-0.4, -0.2) is 12.7 Å². The molecule has 3 aliphatic rings. The van der Waals surface area contributed by atoms with E-state index in [1.165, 1.54) is 40.7 Å². The van der Waals surface area contributed by atoms with Crippen molar-refractivity contribution >= 4 is 0 Å². The fourth-order valence-electron chi connectivity index (χ4n) is 3.96. The van der Waals surface area contributed by atoms with Crippen molar-refractivity contribution in [2.24, 2.45) is 17.6 Å². The third-order valence-electron chi connectivity index (χ3n) is 5.69. The molecule has 136 valence electrons. The monoisotopic (exact) mass is 339 g/mol. The Morgan fingerprint density at radius 3 is 2.68 bits per heavy atom. The van der Waals surface area contributed by atoms with E-state index in [-0.39, 0.29) is 6.04 Å². The van der Waals surface area contributed by atoms with Crippen LogP contribution >= 0.6 is 0 Å². The molecule has 1 saturated heterocycles. The maximum Gasteiger partial charge on any atom is 0.0823 e.